The number of hydrogen-bond acceptors (Lipinski definition) is 6. The van der Waals surface area contributed by atoms with Crippen molar-refractivity contribution in [1.29, 1.82) is 0 Å². The van der Waals surface area contributed by atoms with Crippen LogP contribution >= 0.6 is 0 Å². The molecule has 2 fully saturated rings. The van der Waals surface area contributed by atoms with Gasteiger partial charge >= 0.3 is 30.6 Å². The molecule has 1 heterocycles. The van der Waals surface area contributed by atoms with Crippen molar-refractivity contribution in [2.75, 3.05) is 33.0 Å². The molecule has 16 heteroatoms. The van der Waals surface area contributed by atoms with Crippen LogP contribution in [0.3, 0.4) is 0 Å². The van der Waals surface area contributed by atoms with Crippen molar-refractivity contribution in [2.24, 2.45) is 5.92 Å². The zero-order valence-electron chi connectivity index (χ0n) is 18.9. The maximum atomic E-state index is 13.3. The number of carbonyl (C=O) groups excluding carboxylic acids is 2. The summed E-state index contributed by atoms with van der Waals surface area (Å²) < 4.78 is 129. The average Bonchev–Trinajstić information content (AvgIpc) is 3.61. The summed E-state index contributed by atoms with van der Waals surface area (Å²) in [5.74, 6) is -0.967. The van der Waals surface area contributed by atoms with Crippen LogP contribution < -0.4 is 4.74 Å². The molecular weight excluding hydrogens is 531 g/mol. The molecule has 37 heavy (non-hydrogen) atoms. The monoisotopic (exact) mass is 552 g/mol. The predicted octanol–water partition coefficient (Wildman–Crippen LogP) is 4.74. The average molecular weight is 552 g/mol. The number of ether oxygens (including phenoxy) is 3. The van der Waals surface area contributed by atoms with Gasteiger partial charge in [-0.2, -0.15) is 39.5 Å². The summed E-state index contributed by atoms with van der Waals surface area (Å²) >= 11 is 0. The summed E-state index contributed by atoms with van der Waals surface area (Å²) in [5, 5.41) is 0. The molecule has 1 amide bonds. The van der Waals surface area contributed by atoms with Gasteiger partial charge in [0, 0.05) is 32.7 Å². The Morgan fingerprint density at radius 3 is 2.00 bits per heavy atom. The van der Waals surface area contributed by atoms with Gasteiger partial charge in [-0.15, -0.1) is 0 Å². The van der Waals surface area contributed by atoms with Crippen LogP contribution in [-0.4, -0.2) is 73.3 Å². The van der Waals surface area contributed by atoms with E-state index in [0.717, 1.165) is 12.1 Å². The first-order valence-corrected chi connectivity index (χ1v) is 10.9. The van der Waals surface area contributed by atoms with Crippen molar-refractivity contribution in [1.82, 2.24) is 9.80 Å². The van der Waals surface area contributed by atoms with Gasteiger partial charge in [-0.05, 0) is 36.6 Å². The minimum atomic E-state index is -5.85. The third kappa shape index (κ3) is 8.30. The zero-order chi connectivity index (χ0) is 27.6. The molecule has 0 N–H and O–H groups in total. The lowest BCUT2D eigenvalue weighted by Gasteiger charge is -2.35. The van der Waals surface area contributed by atoms with Crippen LogP contribution in [0.1, 0.15) is 24.0 Å². The van der Waals surface area contributed by atoms with Crippen molar-refractivity contribution in [3.8, 4) is 5.75 Å². The fraction of sp³-hybridized carbons (Fsp3) is 0.619. The second-order valence-corrected chi connectivity index (χ2v) is 8.47. The Hall–Kier alpha value is -2.91. The Labute approximate surface area is 204 Å². The number of alkyl halides is 9. The first-order valence-electron chi connectivity index (χ1n) is 10.9. The van der Waals surface area contributed by atoms with E-state index in [1.165, 1.54) is 6.07 Å². The first-order chi connectivity index (χ1) is 17.0. The molecule has 1 aromatic rings. The van der Waals surface area contributed by atoms with E-state index in [4.69, 9.17) is 9.47 Å². The summed E-state index contributed by atoms with van der Waals surface area (Å²) in [6.45, 7) is -1.46. The quantitative estimate of drug-likeness (QED) is 0.277. The summed E-state index contributed by atoms with van der Waals surface area (Å²) in [6.07, 6.45) is -21.2. The normalized spacial score (nSPS) is 17.6. The van der Waals surface area contributed by atoms with Gasteiger partial charge in [-0.3, -0.25) is 9.69 Å². The lowest BCUT2D eigenvalue weighted by molar-refractivity contribution is -0.308. The highest BCUT2D eigenvalue weighted by Gasteiger charge is 2.60. The molecule has 0 radical (unpaired) electrons. The highest BCUT2D eigenvalue weighted by molar-refractivity contribution is 5.74. The molecule has 1 saturated heterocycles. The minimum Gasteiger partial charge on any atom is -0.457 e. The second-order valence-electron chi connectivity index (χ2n) is 8.47. The largest absolute Gasteiger partial charge is 0.457 e. The number of halogens is 9. The van der Waals surface area contributed by atoms with E-state index >= 15 is 0 Å². The van der Waals surface area contributed by atoms with Crippen LogP contribution in [0.15, 0.2) is 18.2 Å². The number of benzene rings is 1. The van der Waals surface area contributed by atoms with Gasteiger partial charge < -0.3 is 19.1 Å². The molecule has 0 atom stereocenters. The summed E-state index contributed by atoms with van der Waals surface area (Å²) in [7, 11) is 0. The number of rotatable bonds is 7. The van der Waals surface area contributed by atoms with Crippen molar-refractivity contribution in [2.45, 2.75) is 44.0 Å². The fourth-order valence-electron chi connectivity index (χ4n) is 3.43. The van der Waals surface area contributed by atoms with E-state index in [9.17, 15) is 49.1 Å². The molecule has 0 bridgehead atoms. The number of hydrogen-bond donors (Lipinski definition) is 0. The Morgan fingerprint density at radius 1 is 0.892 bits per heavy atom. The third-order valence-corrected chi connectivity index (χ3v) is 5.48. The second kappa shape index (κ2) is 10.8. The van der Waals surface area contributed by atoms with E-state index in [0.29, 0.717) is 17.7 Å². The van der Waals surface area contributed by atoms with Crippen LogP contribution in [0.2, 0.25) is 0 Å². The number of nitrogens with zero attached hydrogens (tertiary/aromatic N) is 2. The van der Waals surface area contributed by atoms with Crippen molar-refractivity contribution >= 4 is 12.1 Å². The fourth-order valence-corrected chi connectivity index (χ4v) is 3.43. The maximum absolute atomic E-state index is 13.3. The van der Waals surface area contributed by atoms with Gasteiger partial charge in [0.05, 0.1) is 11.5 Å². The van der Waals surface area contributed by atoms with Crippen molar-refractivity contribution < 1.29 is 63.3 Å². The van der Waals surface area contributed by atoms with Gasteiger partial charge in [0.15, 0.2) is 0 Å². The molecule has 0 spiro atoms. The van der Waals surface area contributed by atoms with Crippen molar-refractivity contribution in [3.63, 3.8) is 0 Å². The molecular formula is C21H21F9N2O5. The third-order valence-electron chi connectivity index (χ3n) is 5.48. The molecule has 1 aliphatic heterocycles. The van der Waals surface area contributed by atoms with Gasteiger partial charge in [0.1, 0.15) is 5.75 Å². The SMILES string of the molecule is O=C(OCOc1cc(CN2CCN(C(=O)OC(C(F)(F)F)C(F)(F)F)CC2)cc(C(F)(F)F)c1)C1CC1. The van der Waals surface area contributed by atoms with Crippen LogP contribution in [0.5, 0.6) is 5.75 Å². The highest BCUT2D eigenvalue weighted by Crippen LogP contribution is 2.36. The lowest BCUT2D eigenvalue weighted by Crippen LogP contribution is -2.52. The highest BCUT2D eigenvalue weighted by atomic mass is 19.4. The Bertz CT molecular complexity index is 955. The topological polar surface area (TPSA) is 68.3 Å². The van der Waals surface area contributed by atoms with Crippen LogP contribution in [-0.2, 0) is 27.0 Å². The van der Waals surface area contributed by atoms with E-state index in [-0.39, 0.29) is 50.0 Å². The Balaban J connectivity index is 1.59. The number of piperazine rings is 1. The molecule has 2 aliphatic rings. The van der Waals surface area contributed by atoms with Crippen LogP contribution in [0.4, 0.5) is 44.3 Å². The van der Waals surface area contributed by atoms with Crippen LogP contribution in [0, 0.1) is 5.92 Å². The Kier molecular flexibility index (Phi) is 8.39. The van der Waals surface area contributed by atoms with Crippen LogP contribution in [0.25, 0.3) is 0 Å². The van der Waals surface area contributed by atoms with E-state index < -0.39 is 49.1 Å². The number of amides is 1. The van der Waals surface area contributed by atoms with Gasteiger partial charge in [-0.25, -0.2) is 4.79 Å². The smallest absolute Gasteiger partial charge is 0.434 e. The summed E-state index contributed by atoms with van der Waals surface area (Å²) in [6, 6.07) is 2.85. The molecule has 7 nitrogen and oxygen atoms in total. The molecule has 208 valence electrons. The summed E-state index contributed by atoms with van der Waals surface area (Å²) in [4.78, 5) is 25.6. The maximum Gasteiger partial charge on any atom is 0.434 e. The van der Waals surface area contributed by atoms with Gasteiger partial charge in [0.2, 0.25) is 6.79 Å². The Morgan fingerprint density at radius 2 is 1.49 bits per heavy atom. The molecule has 1 aromatic carbocycles. The van der Waals surface area contributed by atoms with Gasteiger partial charge in [0.25, 0.3) is 6.10 Å². The van der Waals surface area contributed by atoms with E-state index in [1.807, 2.05) is 0 Å². The molecule has 1 saturated carbocycles. The minimum absolute atomic E-state index is 0.0662. The standard InChI is InChI=1S/C21H21F9N2O5/c22-19(23,24)14-7-12(8-15(9-14)35-11-36-16(33)13-1-2-13)10-31-3-5-32(6-4-31)18(34)37-17(20(25,26)27)21(28,29)30/h7-9,13,17H,1-6,10-11H2. The van der Waals surface area contributed by atoms with E-state index in [2.05, 4.69) is 4.74 Å². The lowest BCUT2D eigenvalue weighted by atomic mass is 10.1. The summed E-state index contributed by atoms with van der Waals surface area (Å²) in [5.41, 5.74) is -0.912. The molecule has 0 aromatic heterocycles. The zero-order valence-corrected chi connectivity index (χ0v) is 18.9. The predicted molar refractivity (Wildman–Crippen MR) is 105 cm³/mol. The molecule has 1 aliphatic carbocycles. The molecule has 0 unspecified atom stereocenters. The molecule has 3 rings (SSSR count). The number of carbonyl (C=O) groups is 2. The number of esters is 1. The van der Waals surface area contributed by atoms with Crippen molar-refractivity contribution in [3.05, 3.63) is 29.3 Å². The first kappa shape index (κ1) is 28.7. The van der Waals surface area contributed by atoms with E-state index in [1.54, 1.807) is 4.90 Å². The van der Waals surface area contributed by atoms with Gasteiger partial charge in [-0.1, -0.05) is 0 Å².